The largest absolute Gasteiger partial charge is 0.309 e. The Labute approximate surface area is 176 Å². The molecular weight excluding hydrogens is 422 g/mol. The van der Waals surface area contributed by atoms with Gasteiger partial charge in [-0.05, 0) is 35.1 Å². The highest BCUT2D eigenvalue weighted by atomic mass is 32.2. The molecule has 0 fully saturated rings. The second-order valence-electron chi connectivity index (χ2n) is 6.89. The van der Waals surface area contributed by atoms with Crippen molar-refractivity contribution >= 4 is 38.7 Å². The molecule has 0 bridgehead atoms. The Morgan fingerprint density at radius 2 is 1.90 bits per heavy atom. The Hall–Kier alpha value is -3.08. The minimum atomic E-state index is -3.82. The molecule has 0 unspecified atom stereocenters. The normalized spacial score (nSPS) is 17.0. The molecule has 1 aliphatic rings. The van der Waals surface area contributed by atoms with Gasteiger partial charge in [-0.2, -0.15) is 13.9 Å². The first kappa shape index (κ1) is 18.9. The van der Waals surface area contributed by atoms with Crippen molar-refractivity contribution in [2.24, 2.45) is 0 Å². The molecule has 0 spiro atoms. The zero-order chi connectivity index (χ0) is 20.7. The lowest BCUT2D eigenvalue weighted by molar-refractivity contribution is -0.120. The van der Waals surface area contributed by atoms with Crippen molar-refractivity contribution in [2.75, 3.05) is 5.32 Å². The van der Waals surface area contributed by atoms with Crippen molar-refractivity contribution in [1.82, 2.24) is 18.9 Å². The number of hydrogen-bond acceptors (Lipinski definition) is 6. The number of carbonyl (C=O) groups is 1. The first-order valence-electron chi connectivity index (χ1n) is 9.26. The number of aromatic nitrogens is 3. The SMILES string of the molecule is O=C(Nc1ccnc2ccnn12)[C@@H]1Cc2ccccc2CN1S(=O)(=O)c1cccs1. The van der Waals surface area contributed by atoms with E-state index in [1.165, 1.54) is 8.82 Å². The number of nitrogens with zero attached hydrogens (tertiary/aromatic N) is 4. The standard InChI is InChI=1S/C20H17N5O3S2/c26-20(23-18-7-9-21-17-8-10-22-25(17)18)16-12-14-4-1-2-5-15(14)13-24(16)30(27,28)19-6-3-11-29-19/h1-11,16H,12-13H2,(H,23,26)/t16-/m0/s1. The molecule has 8 nitrogen and oxygen atoms in total. The van der Waals surface area contributed by atoms with Crippen LogP contribution in [0.5, 0.6) is 0 Å². The molecule has 1 aromatic carbocycles. The summed E-state index contributed by atoms with van der Waals surface area (Å²) in [4.78, 5) is 17.5. The van der Waals surface area contributed by atoms with Crippen LogP contribution in [0.4, 0.5) is 5.82 Å². The molecule has 1 atom stereocenters. The number of rotatable bonds is 4. The van der Waals surface area contributed by atoms with Crippen molar-refractivity contribution < 1.29 is 13.2 Å². The smallest absolute Gasteiger partial charge is 0.253 e. The number of carbonyl (C=O) groups excluding carboxylic acids is 1. The van der Waals surface area contributed by atoms with E-state index in [1.54, 1.807) is 42.0 Å². The third kappa shape index (κ3) is 3.18. The van der Waals surface area contributed by atoms with Crippen LogP contribution >= 0.6 is 11.3 Å². The van der Waals surface area contributed by atoms with Crippen LogP contribution in [0.3, 0.4) is 0 Å². The van der Waals surface area contributed by atoms with Gasteiger partial charge in [0.25, 0.3) is 10.0 Å². The monoisotopic (exact) mass is 439 g/mol. The fraction of sp³-hybridized carbons (Fsp3) is 0.150. The maximum Gasteiger partial charge on any atom is 0.253 e. The van der Waals surface area contributed by atoms with Crippen molar-refractivity contribution in [2.45, 2.75) is 23.2 Å². The number of anilines is 1. The average molecular weight is 440 g/mol. The van der Waals surface area contributed by atoms with Crippen LogP contribution in [0.1, 0.15) is 11.1 Å². The highest BCUT2D eigenvalue weighted by molar-refractivity contribution is 7.91. The summed E-state index contributed by atoms with van der Waals surface area (Å²) in [5.41, 5.74) is 2.46. The lowest BCUT2D eigenvalue weighted by Crippen LogP contribution is -2.50. The molecule has 1 aliphatic heterocycles. The molecule has 3 aromatic heterocycles. The van der Waals surface area contributed by atoms with E-state index >= 15 is 0 Å². The number of nitrogens with one attached hydrogen (secondary N) is 1. The summed E-state index contributed by atoms with van der Waals surface area (Å²) in [6.45, 7) is 0.141. The Balaban J connectivity index is 1.53. The molecule has 152 valence electrons. The maximum absolute atomic E-state index is 13.3. The van der Waals surface area contributed by atoms with E-state index in [2.05, 4.69) is 15.4 Å². The van der Waals surface area contributed by atoms with E-state index in [0.717, 1.165) is 22.5 Å². The van der Waals surface area contributed by atoms with Crippen molar-refractivity contribution in [3.8, 4) is 0 Å². The topological polar surface area (TPSA) is 96.7 Å². The Morgan fingerprint density at radius 1 is 1.07 bits per heavy atom. The van der Waals surface area contributed by atoms with Gasteiger partial charge < -0.3 is 5.32 Å². The van der Waals surface area contributed by atoms with Gasteiger partial charge >= 0.3 is 0 Å². The predicted octanol–water partition coefficient (Wildman–Crippen LogP) is 2.55. The molecule has 0 saturated carbocycles. The Kier molecular flexibility index (Phi) is 4.61. The molecular formula is C20H17N5O3S2. The van der Waals surface area contributed by atoms with Gasteiger partial charge in [-0.25, -0.2) is 13.4 Å². The van der Waals surface area contributed by atoms with Gasteiger partial charge in [-0.3, -0.25) is 4.79 Å². The molecule has 30 heavy (non-hydrogen) atoms. The summed E-state index contributed by atoms with van der Waals surface area (Å²) >= 11 is 1.14. The van der Waals surface area contributed by atoms with Crippen molar-refractivity contribution in [3.63, 3.8) is 0 Å². The second kappa shape index (κ2) is 7.31. The summed E-state index contributed by atoms with van der Waals surface area (Å²) < 4.78 is 29.7. The molecule has 0 aliphatic carbocycles. The van der Waals surface area contributed by atoms with Gasteiger partial charge in [0.05, 0.1) is 6.20 Å². The minimum Gasteiger partial charge on any atom is -0.309 e. The molecule has 5 rings (SSSR count). The maximum atomic E-state index is 13.3. The summed E-state index contributed by atoms with van der Waals surface area (Å²) in [6.07, 6.45) is 3.45. The minimum absolute atomic E-state index is 0.141. The summed E-state index contributed by atoms with van der Waals surface area (Å²) in [5, 5.41) is 8.72. The van der Waals surface area contributed by atoms with Crippen molar-refractivity contribution in [3.05, 3.63) is 77.4 Å². The number of benzene rings is 1. The Morgan fingerprint density at radius 3 is 2.70 bits per heavy atom. The van der Waals surface area contributed by atoms with Crippen LogP contribution in [0.2, 0.25) is 0 Å². The van der Waals surface area contributed by atoms with Crippen molar-refractivity contribution in [1.29, 1.82) is 0 Å². The molecule has 1 amide bonds. The third-order valence-corrected chi connectivity index (χ3v) is 8.34. The number of thiophene rings is 1. The predicted molar refractivity (Wildman–Crippen MR) is 113 cm³/mol. The van der Waals surface area contributed by atoms with Gasteiger partial charge in [0.2, 0.25) is 5.91 Å². The van der Waals surface area contributed by atoms with Crippen LogP contribution in [0, 0.1) is 0 Å². The molecule has 4 heterocycles. The molecule has 4 aromatic rings. The van der Waals surface area contributed by atoms with E-state index in [9.17, 15) is 13.2 Å². The lowest BCUT2D eigenvalue weighted by atomic mass is 9.95. The Bertz CT molecular complexity index is 1330. The van der Waals surface area contributed by atoms with Crippen LogP contribution < -0.4 is 5.32 Å². The molecule has 0 saturated heterocycles. The fourth-order valence-corrected chi connectivity index (χ4v) is 6.32. The number of sulfonamides is 1. The van der Waals surface area contributed by atoms with Gasteiger partial charge in [-0.15, -0.1) is 11.3 Å². The number of fused-ring (bicyclic) bond motifs is 2. The molecule has 1 N–H and O–H groups in total. The molecule has 10 heteroatoms. The summed E-state index contributed by atoms with van der Waals surface area (Å²) in [5.74, 6) is 0.0231. The van der Waals surface area contributed by atoms with Gasteiger partial charge in [0, 0.05) is 18.8 Å². The van der Waals surface area contributed by atoms with E-state index in [0.29, 0.717) is 17.9 Å². The second-order valence-corrected chi connectivity index (χ2v) is 9.96. The zero-order valence-electron chi connectivity index (χ0n) is 15.7. The average Bonchev–Trinajstić information content (AvgIpc) is 3.45. The highest BCUT2D eigenvalue weighted by Crippen LogP contribution is 2.31. The first-order chi connectivity index (χ1) is 14.5. The lowest BCUT2D eigenvalue weighted by Gasteiger charge is -2.34. The van der Waals surface area contributed by atoms with Crippen LogP contribution in [-0.2, 0) is 27.8 Å². The van der Waals surface area contributed by atoms with E-state index in [-0.39, 0.29) is 10.8 Å². The summed E-state index contributed by atoms with van der Waals surface area (Å²) in [7, 11) is -3.82. The van der Waals surface area contributed by atoms with E-state index < -0.39 is 22.0 Å². The number of amides is 1. The zero-order valence-corrected chi connectivity index (χ0v) is 17.3. The first-order valence-corrected chi connectivity index (χ1v) is 11.6. The highest BCUT2D eigenvalue weighted by Gasteiger charge is 2.40. The van der Waals surface area contributed by atoms with E-state index in [4.69, 9.17) is 0 Å². The van der Waals surface area contributed by atoms with E-state index in [1.807, 2.05) is 24.3 Å². The summed E-state index contributed by atoms with van der Waals surface area (Å²) in [6, 6.07) is 13.3. The van der Waals surface area contributed by atoms with Crippen LogP contribution in [0.25, 0.3) is 5.65 Å². The number of hydrogen-bond donors (Lipinski definition) is 1. The van der Waals surface area contributed by atoms with Gasteiger partial charge in [-0.1, -0.05) is 30.3 Å². The van der Waals surface area contributed by atoms with Crippen LogP contribution in [0.15, 0.2) is 70.5 Å². The van der Waals surface area contributed by atoms with Gasteiger partial charge in [0.1, 0.15) is 16.1 Å². The van der Waals surface area contributed by atoms with Crippen LogP contribution in [-0.4, -0.2) is 39.3 Å². The fourth-order valence-electron chi connectivity index (χ4n) is 3.64. The van der Waals surface area contributed by atoms with Gasteiger partial charge in [0.15, 0.2) is 5.65 Å². The molecule has 0 radical (unpaired) electrons. The third-order valence-electron chi connectivity index (χ3n) is 5.11. The quantitative estimate of drug-likeness (QED) is 0.527.